The lowest BCUT2D eigenvalue weighted by Gasteiger charge is -2.31. The van der Waals surface area contributed by atoms with Gasteiger partial charge in [-0.1, -0.05) is 5.16 Å². The van der Waals surface area contributed by atoms with Crippen LogP contribution in [0.3, 0.4) is 0 Å². The number of hydrogen-bond donors (Lipinski definition) is 0. The lowest BCUT2D eigenvalue weighted by molar-refractivity contribution is 0.0695. The molecule has 1 aliphatic rings. The van der Waals surface area contributed by atoms with E-state index in [9.17, 15) is 9.18 Å². The van der Waals surface area contributed by atoms with Crippen LogP contribution >= 0.6 is 0 Å². The Morgan fingerprint density at radius 3 is 2.52 bits per heavy atom. The fraction of sp³-hybridized carbons (Fsp3) is 0.208. The van der Waals surface area contributed by atoms with Gasteiger partial charge in [0.05, 0.1) is 5.92 Å². The van der Waals surface area contributed by atoms with Crippen molar-refractivity contribution in [1.29, 1.82) is 0 Å². The standard InChI is InChI=1S/C24H21FN4O2/c25-20-9-5-17(6-10-20)22-26-23(31-27-22)19-4-3-15-29(16-19)24(30)18-7-11-21(12-8-18)28-13-1-2-14-28/h1-2,5-14,19H,3-4,15-16H2. The maximum absolute atomic E-state index is 13.1. The first kappa shape index (κ1) is 19.2. The molecule has 3 heterocycles. The number of hydrogen-bond acceptors (Lipinski definition) is 4. The van der Waals surface area contributed by atoms with E-state index in [4.69, 9.17) is 4.52 Å². The van der Waals surface area contributed by atoms with Crippen molar-refractivity contribution in [1.82, 2.24) is 19.6 Å². The molecule has 2 aromatic carbocycles. The average molecular weight is 416 g/mol. The van der Waals surface area contributed by atoms with E-state index in [1.165, 1.54) is 12.1 Å². The fourth-order valence-electron chi connectivity index (χ4n) is 3.95. The predicted molar refractivity (Wildman–Crippen MR) is 113 cm³/mol. The maximum Gasteiger partial charge on any atom is 0.253 e. The van der Waals surface area contributed by atoms with Crippen molar-refractivity contribution in [3.8, 4) is 17.1 Å². The fourth-order valence-corrected chi connectivity index (χ4v) is 3.95. The number of benzene rings is 2. The molecule has 0 aliphatic carbocycles. The lowest BCUT2D eigenvalue weighted by atomic mass is 9.97. The number of rotatable bonds is 4. The van der Waals surface area contributed by atoms with Gasteiger partial charge in [0.2, 0.25) is 11.7 Å². The number of halogens is 1. The zero-order valence-corrected chi connectivity index (χ0v) is 16.8. The molecule has 0 saturated carbocycles. The summed E-state index contributed by atoms with van der Waals surface area (Å²) in [6, 6.07) is 17.5. The van der Waals surface area contributed by atoms with Crippen molar-refractivity contribution in [3.63, 3.8) is 0 Å². The van der Waals surface area contributed by atoms with E-state index in [0.717, 1.165) is 18.5 Å². The second-order valence-electron chi connectivity index (χ2n) is 7.69. The molecule has 0 spiro atoms. The molecule has 0 radical (unpaired) electrons. The van der Waals surface area contributed by atoms with Crippen molar-refractivity contribution in [3.05, 3.63) is 90.3 Å². The van der Waals surface area contributed by atoms with E-state index < -0.39 is 0 Å². The Labute approximate surface area is 178 Å². The summed E-state index contributed by atoms with van der Waals surface area (Å²) in [7, 11) is 0. The number of carbonyl (C=O) groups excluding carboxylic acids is 1. The van der Waals surface area contributed by atoms with Crippen molar-refractivity contribution in [2.45, 2.75) is 18.8 Å². The number of aromatic nitrogens is 3. The van der Waals surface area contributed by atoms with Gasteiger partial charge in [-0.2, -0.15) is 4.98 Å². The van der Waals surface area contributed by atoms with Crippen LogP contribution in [0.5, 0.6) is 0 Å². The molecule has 0 N–H and O–H groups in total. The molecule has 0 bridgehead atoms. The Hall–Kier alpha value is -3.74. The first-order chi connectivity index (χ1) is 15.2. The topological polar surface area (TPSA) is 64.2 Å². The molecule has 1 fully saturated rings. The van der Waals surface area contributed by atoms with Gasteiger partial charge in [-0.3, -0.25) is 4.79 Å². The van der Waals surface area contributed by atoms with Gasteiger partial charge in [0.25, 0.3) is 5.91 Å². The normalized spacial score (nSPS) is 16.4. The van der Waals surface area contributed by atoms with E-state index in [0.29, 0.717) is 35.9 Å². The SMILES string of the molecule is O=C(c1ccc(-n2cccc2)cc1)N1CCCC(c2nc(-c3ccc(F)cc3)no2)C1. The Morgan fingerprint density at radius 1 is 1.03 bits per heavy atom. The highest BCUT2D eigenvalue weighted by Gasteiger charge is 2.29. The van der Waals surface area contributed by atoms with E-state index >= 15 is 0 Å². The van der Waals surface area contributed by atoms with Crippen LogP contribution in [0.15, 0.2) is 77.6 Å². The second-order valence-corrected chi connectivity index (χ2v) is 7.69. The first-order valence-electron chi connectivity index (χ1n) is 10.3. The van der Waals surface area contributed by atoms with Crippen LogP contribution in [-0.2, 0) is 0 Å². The minimum atomic E-state index is -0.310. The summed E-state index contributed by atoms with van der Waals surface area (Å²) in [6.07, 6.45) is 5.68. The quantitative estimate of drug-likeness (QED) is 0.484. The molecule has 1 amide bonds. The number of carbonyl (C=O) groups is 1. The molecular weight excluding hydrogens is 395 g/mol. The molecular formula is C24H21FN4O2. The van der Waals surface area contributed by atoms with Gasteiger partial charge < -0.3 is 14.0 Å². The molecule has 2 aromatic heterocycles. The van der Waals surface area contributed by atoms with Gasteiger partial charge in [-0.25, -0.2) is 4.39 Å². The summed E-state index contributed by atoms with van der Waals surface area (Å²) < 4.78 is 20.6. The molecule has 1 atom stereocenters. The minimum Gasteiger partial charge on any atom is -0.339 e. The molecule has 6 nitrogen and oxygen atoms in total. The van der Waals surface area contributed by atoms with Gasteiger partial charge in [-0.15, -0.1) is 0 Å². The van der Waals surface area contributed by atoms with Gasteiger partial charge >= 0.3 is 0 Å². The summed E-state index contributed by atoms with van der Waals surface area (Å²) in [5.41, 5.74) is 2.37. The van der Waals surface area contributed by atoms with Gasteiger partial charge in [-0.05, 0) is 73.5 Å². The Bertz CT molecular complexity index is 1170. The van der Waals surface area contributed by atoms with Gasteiger partial charge in [0.1, 0.15) is 5.82 Å². The average Bonchev–Trinajstić information content (AvgIpc) is 3.52. The molecule has 1 unspecified atom stereocenters. The summed E-state index contributed by atoms with van der Waals surface area (Å²) in [5, 5.41) is 4.04. The van der Waals surface area contributed by atoms with Crippen LogP contribution in [0.25, 0.3) is 17.1 Å². The molecule has 1 saturated heterocycles. The molecule has 4 aromatic rings. The Balaban J connectivity index is 1.29. The summed E-state index contributed by atoms with van der Waals surface area (Å²) >= 11 is 0. The smallest absolute Gasteiger partial charge is 0.253 e. The molecule has 7 heteroatoms. The predicted octanol–water partition coefficient (Wildman–Crippen LogP) is 4.69. The zero-order chi connectivity index (χ0) is 21.2. The van der Waals surface area contributed by atoms with Crippen LogP contribution in [0.2, 0.25) is 0 Å². The van der Waals surface area contributed by atoms with Crippen LogP contribution in [0, 0.1) is 5.82 Å². The van der Waals surface area contributed by atoms with Crippen LogP contribution in [0.1, 0.15) is 35.0 Å². The molecule has 31 heavy (non-hydrogen) atoms. The van der Waals surface area contributed by atoms with Crippen molar-refractivity contribution in [2.75, 3.05) is 13.1 Å². The van der Waals surface area contributed by atoms with Gasteiger partial charge in [0, 0.05) is 42.3 Å². The highest BCUT2D eigenvalue weighted by molar-refractivity contribution is 5.94. The number of nitrogens with zero attached hydrogens (tertiary/aromatic N) is 4. The highest BCUT2D eigenvalue weighted by atomic mass is 19.1. The van der Waals surface area contributed by atoms with E-state index in [1.54, 1.807) is 12.1 Å². The van der Waals surface area contributed by atoms with Gasteiger partial charge in [0.15, 0.2) is 0 Å². The Kier molecular flexibility index (Phi) is 5.08. The van der Waals surface area contributed by atoms with Crippen LogP contribution in [0.4, 0.5) is 4.39 Å². The highest BCUT2D eigenvalue weighted by Crippen LogP contribution is 2.28. The minimum absolute atomic E-state index is 0.00188. The Morgan fingerprint density at radius 2 is 1.77 bits per heavy atom. The summed E-state index contributed by atoms with van der Waals surface area (Å²) in [4.78, 5) is 19.4. The number of piperidine rings is 1. The number of likely N-dealkylation sites (tertiary alicyclic amines) is 1. The van der Waals surface area contributed by atoms with Crippen molar-refractivity contribution < 1.29 is 13.7 Å². The molecule has 1 aliphatic heterocycles. The van der Waals surface area contributed by atoms with Crippen LogP contribution < -0.4 is 0 Å². The summed E-state index contributed by atoms with van der Waals surface area (Å²) in [6.45, 7) is 1.23. The largest absolute Gasteiger partial charge is 0.339 e. The van der Waals surface area contributed by atoms with Crippen molar-refractivity contribution >= 4 is 5.91 Å². The lowest BCUT2D eigenvalue weighted by Crippen LogP contribution is -2.39. The maximum atomic E-state index is 13.1. The van der Waals surface area contributed by atoms with E-state index in [1.807, 2.05) is 58.3 Å². The third kappa shape index (κ3) is 3.99. The molecule has 5 rings (SSSR count). The van der Waals surface area contributed by atoms with E-state index in [2.05, 4.69) is 10.1 Å². The first-order valence-corrected chi connectivity index (χ1v) is 10.3. The monoisotopic (exact) mass is 416 g/mol. The summed E-state index contributed by atoms with van der Waals surface area (Å²) in [5.74, 6) is 0.620. The third-order valence-electron chi connectivity index (χ3n) is 5.62. The van der Waals surface area contributed by atoms with Crippen LogP contribution in [-0.4, -0.2) is 38.6 Å². The number of amides is 1. The van der Waals surface area contributed by atoms with Crippen molar-refractivity contribution in [2.24, 2.45) is 0 Å². The zero-order valence-electron chi connectivity index (χ0n) is 16.8. The van der Waals surface area contributed by atoms with E-state index in [-0.39, 0.29) is 17.6 Å². The molecule has 156 valence electrons. The second kappa shape index (κ2) is 8.18. The third-order valence-corrected chi connectivity index (χ3v) is 5.62.